The molecule has 0 spiro atoms. The number of ether oxygens (including phenoxy) is 1. The number of halogens is 3. The van der Waals surface area contributed by atoms with E-state index >= 15 is 0 Å². The van der Waals surface area contributed by atoms with Crippen molar-refractivity contribution in [1.82, 2.24) is 0 Å². The zero-order valence-electron chi connectivity index (χ0n) is 7.75. The summed E-state index contributed by atoms with van der Waals surface area (Å²) in [4.78, 5) is 11.0. The molecule has 1 aromatic carbocycles. The summed E-state index contributed by atoms with van der Waals surface area (Å²) in [6.07, 6.45) is -2.42. The van der Waals surface area contributed by atoms with E-state index in [0.29, 0.717) is 0 Å². The van der Waals surface area contributed by atoms with Crippen LogP contribution in [0.2, 0.25) is 0 Å². The van der Waals surface area contributed by atoms with Crippen LogP contribution in [0.3, 0.4) is 0 Å². The van der Waals surface area contributed by atoms with Crippen molar-refractivity contribution >= 4 is 17.6 Å². The SMILES string of the molecule is O=C(CCCl)Oc1ccc(C(F)F)cc1. The van der Waals surface area contributed by atoms with Crippen LogP contribution in [0.15, 0.2) is 24.3 Å². The summed E-state index contributed by atoms with van der Waals surface area (Å²) in [6.45, 7) is 0. The molecule has 0 unspecified atom stereocenters. The molecule has 0 aromatic heterocycles. The molecule has 15 heavy (non-hydrogen) atoms. The molecule has 0 heterocycles. The van der Waals surface area contributed by atoms with E-state index in [9.17, 15) is 13.6 Å². The highest BCUT2D eigenvalue weighted by Gasteiger charge is 2.08. The Hall–Kier alpha value is -1.16. The second-order valence-electron chi connectivity index (χ2n) is 2.78. The van der Waals surface area contributed by atoms with Gasteiger partial charge in [0.2, 0.25) is 0 Å². The molecular formula is C10H9ClF2O2. The molecule has 0 aliphatic heterocycles. The van der Waals surface area contributed by atoms with Crippen LogP contribution in [-0.2, 0) is 4.79 Å². The molecule has 0 aliphatic carbocycles. The Morgan fingerprint density at radius 3 is 2.40 bits per heavy atom. The Labute approximate surface area is 90.8 Å². The van der Waals surface area contributed by atoms with Crippen LogP contribution in [0.1, 0.15) is 18.4 Å². The van der Waals surface area contributed by atoms with Gasteiger partial charge < -0.3 is 4.74 Å². The monoisotopic (exact) mass is 234 g/mol. The summed E-state index contributed by atoms with van der Waals surface area (Å²) in [5, 5.41) is 0. The van der Waals surface area contributed by atoms with Crippen LogP contribution < -0.4 is 4.74 Å². The fraction of sp³-hybridized carbons (Fsp3) is 0.300. The quantitative estimate of drug-likeness (QED) is 0.454. The lowest BCUT2D eigenvalue weighted by atomic mass is 10.2. The van der Waals surface area contributed by atoms with Crippen molar-refractivity contribution in [1.29, 1.82) is 0 Å². The number of hydrogen-bond donors (Lipinski definition) is 0. The van der Waals surface area contributed by atoms with Crippen LogP contribution in [0.5, 0.6) is 5.75 Å². The highest BCUT2D eigenvalue weighted by molar-refractivity contribution is 6.18. The summed E-state index contributed by atoms with van der Waals surface area (Å²) in [6, 6.07) is 5.09. The fourth-order valence-electron chi connectivity index (χ4n) is 0.941. The van der Waals surface area contributed by atoms with E-state index in [1.807, 2.05) is 0 Å². The van der Waals surface area contributed by atoms with Crippen molar-refractivity contribution in [3.63, 3.8) is 0 Å². The molecule has 0 N–H and O–H groups in total. The number of hydrogen-bond acceptors (Lipinski definition) is 2. The Morgan fingerprint density at radius 1 is 1.33 bits per heavy atom. The predicted molar refractivity (Wildman–Crippen MR) is 52.4 cm³/mol. The molecule has 5 heteroatoms. The minimum atomic E-state index is -2.52. The molecule has 2 nitrogen and oxygen atoms in total. The number of esters is 1. The average Bonchev–Trinajstić information content (AvgIpc) is 2.18. The van der Waals surface area contributed by atoms with E-state index in [-0.39, 0.29) is 23.6 Å². The third kappa shape index (κ3) is 3.83. The van der Waals surface area contributed by atoms with Gasteiger partial charge in [0.15, 0.2) is 0 Å². The summed E-state index contributed by atoms with van der Waals surface area (Å²) in [5.74, 6) is -0.0576. The molecule has 82 valence electrons. The predicted octanol–water partition coefficient (Wildman–Crippen LogP) is 3.16. The number of carbonyl (C=O) groups is 1. The molecule has 0 atom stereocenters. The maximum Gasteiger partial charge on any atom is 0.312 e. The van der Waals surface area contributed by atoms with Gasteiger partial charge in [-0.2, -0.15) is 0 Å². The molecule has 0 saturated heterocycles. The third-order valence-electron chi connectivity index (χ3n) is 1.66. The first kappa shape index (κ1) is 11.9. The van der Waals surface area contributed by atoms with Crippen molar-refractivity contribution in [3.05, 3.63) is 29.8 Å². The summed E-state index contributed by atoms with van der Waals surface area (Å²) in [5.41, 5.74) is -0.104. The molecule has 0 fully saturated rings. The second-order valence-corrected chi connectivity index (χ2v) is 3.16. The topological polar surface area (TPSA) is 26.3 Å². The van der Waals surface area contributed by atoms with E-state index in [4.69, 9.17) is 16.3 Å². The normalized spacial score (nSPS) is 10.4. The number of benzene rings is 1. The van der Waals surface area contributed by atoms with Crippen LogP contribution in [0.4, 0.5) is 8.78 Å². The van der Waals surface area contributed by atoms with Gasteiger partial charge in [0.1, 0.15) is 5.75 Å². The van der Waals surface area contributed by atoms with Gasteiger partial charge in [0.05, 0.1) is 6.42 Å². The average molecular weight is 235 g/mol. The van der Waals surface area contributed by atoms with Gasteiger partial charge in [-0.05, 0) is 24.3 Å². The first-order chi connectivity index (χ1) is 7.13. The minimum Gasteiger partial charge on any atom is -0.426 e. The molecular weight excluding hydrogens is 226 g/mol. The van der Waals surface area contributed by atoms with Crippen LogP contribution in [-0.4, -0.2) is 11.8 Å². The van der Waals surface area contributed by atoms with Crippen molar-refractivity contribution in [2.75, 3.05) is 5.88 Å². The third-order valence-corrected chi connectivity index (χ3v) is 1.85. The van der Waals surface area contributed by atoms with Gasteiger partial charge in [-0.1, -0.05) is 0 Å². The van der Waals surface area contributed by atoms with Gasteiger partial charge in [-0.3, -0.25) is 4.79 Å². The lowest BCUT2D eigenvalue weighted by molar-refractivity contribution is -0.133. The van der Waals surface area contributed by atoms with Gasteiger partial charge >= 0.3 is 5.97 Å². The van der Waals surface area contributed by atoms with Gasteiger partial charge in [-0.25, -0.2) is 8.78 Å². The van der Waals surface area contributed by atoms with Gasteiger partial charge in [0, 0.05) is 11.4 Å². The van der Waals surface area contributed by atoms with E-state index in [2.05, 4.69) is 0 Å². The standard InChI is InChI=1S/C10H9ClF2O2/c11-6-5-9(14)15-8-3-1-7(2-4-8)10(12)13/h1-4,10H,5-6H2. The Kier molecular flexibility index (Phi) is 4.49. The zero-order chi connectivity index (χ0) is 11.3. The van der Waals surface area contributed by atoms with Crippen molar-refractivity contribution in [3.8, 4) is 5.75 Å². The Balaban J connectivity index is 2.60. The maximum atomic E-state index is 12.2. The fourth-order valence-corrected chi connectivity index (χ4v) is 1.10. The minimum absolute atomic E-state index is 0.0954. The van der Waals surface area contributed by atoms with Crippen LogP contribution in [0.25, 0.3) is 0 Å². The van der Waals surface area contributed by atoms with E-state index in [0.717, 1.165) is 0 Å². The Bertz CT molecular complexity index is 325. The van der Waals surface area contributed by atoms with Crippen molar-refractivity contribution < 1.29 is 18.3 Å². The highest BCUT2D eigenvalue weighted by atomic mass is 35.5. The molecule has 0 saturated carbocycles. The van der Waals surface area contributed by atoms with Gasteiger partial charge in [-0.15, -0.1) is 11.6 Å². The smallest absolute Gasteiger partial charge is 0.312 e. The first-order valence-electron chi connectivity index (χ1n) is 4.28. The summed E-state index contributed by atoms with van der Waals surface area (Å²) < 4.78 is 29.1. The van der Waals surface area contributed by atoms with Crippen molar-refractivity contribution in [2.24, 2.45) is 0 Å². The van der Waals surface area contributed by atoms with E-state index < -0.39 is 12.4 Å². The largest absolute Gasteiger partial charge is 0.426 e. The van der Waals surface area contributed by atoms with Gasteiger partial charge in [0.25, 0.3) is 6.43 Å². The zero-order valence-corrected chi connectivity index (χ0v) is 8.51. The lowest BCUT2D eigenvalue weighted by Gasteiger charge is -2.04. The molecule has 1 rings (SSSR count). The number of alkyl halides is 3. The molecule has 0 aliphatic rings. The number of carbonyl (C=O) groups excluding carboxylic acids is 1. The first-order valence-corrected chi connectivity index (χ1v) is 4.81. The van der Waals surface area contributed by atoms with Crippen molar-refractivity contribution in [2.45, 2.75) is 12.8 Å². The maximum absolute atomic E-state index is 12.2. The molecule has 0 amide bonds. The summed E-state index contributed by atoms with van der Waals surface area (Å²) in [7, 11) is 0. The van der Waals surface area contributed by atoms with Crippen LogP contribution >= 0.6 is 11.6 Å². The molecule has 1 aromatic rings. The van der Waals surface area contributed by atoms with E-state index in [1.165, 1.54) is 24.3 Å². The Morgan fingerprint density at radius 2 is 1.93 bits per heavy atom. The molecule has 0 radical (unpaired) electrons. The highest BCUT2D eigenvalue weighted by Crippen LogP contribution is 2.21. The second kappa shape index (κ2) is 5.66. The van der Waals surface area contributed by atoms with E-state index in [1.54, 1.807) is 0 Å². The van der Waals surface area contributed by atoms with Crippen LogP contribution in [0, 0.1) is 0 Å². The molecule has 0 bridgehead atoms. The summed E-state index contributed by atoms with van der Waals surface area (Å²) >= 11 is 5.33. The number of rotatable bonds is 4. The lowest BCUT2D eigenvalue weighted by Crippen LogP contribution is -2.07.